The fourth-order valence-corrected chi connectivity index (χ4v) is 8.38. The number of hydrogen-bond acceptors (Lipinski definition) is 14. The quantitative estimate of drug-likeness (QED) is 0.115. The summed E-state index contributed by atoms with van der Waals surface area (Å²) in [4.78, 5) is 27.4. The summed E-state index contributed by atoms with van der Waals surface area (Å²) in [6.45, 7) is 12.8. The number of likely N-dealkylation sites (N-methyl/N-ethyl adjacent to an activating group) is 2. The van der Waals surface area contributed by atoms with Gasteiger partial charge in [-0.15, -0.1) is 10.2 Å². The van der Waals surface area contributed by atoms with Crippen molar-refractivity contribution in [2.75, 3.05) is 59.9 Å². The summed E-state index contributed by atoms with van der Waals surface area (Å²) >= 11 is 0. The molecule has 2 aliphatic rings. The van der Waals surface area contributed by atoms with E-state index in [0.29, 0.717) is 23.5 Å². The predicted octanol–water partition coefficient (Wildman–Crippen LogP) is 7.20. The van der Waals surface area contributed by atoms with Crippen LogP contribution in [0, 0.1) is 13.8 Å². The largest absolute Gasteiger partial charge is 0.424 e. The smallest absolute Gasteiger partial charge is 0.321 e. The summed E-state index contributed by atoms with van der Waals surface area (Å²) in [5, 5.41) is 17.9. The molecule has 1 unspecified atom stereocenters. The zero-order valence-electron chi connectivity index (χ0n) is 37.6. The number of hydrogen-bond donors (Lipinski definition) is 0. The Morgan fingerprint density at radius 1 is 0.561 bits per heavy atom. The lowest BCUT2D eigenvalue weighted by Crippen LogP contribution is -2.46. The summed E-state index contributed by atoms with van der Waals surface area (Å²) in [6, 6.07) is 31.5. The first-order chi connectivity index (χ1) is 32.3. The maximum Gasteiger partial charge on any atom is 0.321 e. The maximum absolute atomic E-state index is 6.29. The van der Waals surface area contributed by atoms with Crippen LogP contribution in [0.2, 0.25) is 0 Å². The lowest BCUT2D eigenvalue weighted by Gasteiger charge is -2.39. The molecule has 334 valence electrons. The number of benzene rings is 4. The van der Waals surface area contributed by atoms with Crippen LogP contribution >= 0.6 is 0 Å². The molecule has 4 aromatic heterocycles. The van der Waals surface area contributed by atoms with Gasteiger partial charge in [-0.05, 0) is 74.5 Å². The minimum Gasteiger partial charge on any atom is -0.424 e. The molecule has 8 aromatic rings. The van der Waals surface area contributed by atoms with Crippen molar-refractivity contribution in [2.24, 2.45) is 0 Å². The molecule has 16 nitrogen and oxygen atoms in total. The molecule has 2 saturated heterocycles. The molecule has 2 aliphatic heterocycles. The molecule has 0 radical (unpaired) electrons. The number of aryl methyl sites for hydroxylation is 2. The van der Waals surface area contributed by atoms with Crippen LogP contribution in [0.3, 0.4) is 0 Å². The molecule has 0 amide bonds. The van der Waals surface area contributed by atoms with Gasteiger partial charge in [-0.3, -0.25) is 14.7 Å². The second kappa shape index (κ2) is 19.1. The molecule has 0 bridgehead atoms. The van der Waals surface area contributed by atoms with Gasteiger partial charge in [0.1, 0.15) is 22.9 Å². The summed E-state index contributed by atoms with van der Waals surface area (Å²) in [6.07, 6.45) is 11.0. The molecule has 10 rings (SSSR count). The predicted molar refractivity (Wildman–Crippen MR) is 251 cm³/mol. The van der Waals surface area contributed by atoms with Gasteiger partial charge in [0.2, 0.25) is 0 Å². The summed E-state index contributed by atoms with van der Waals surface area (Å²) < 4.78 is 15.8. The maximum atomic E-state index is 6.29. The summed E-state index contributed by atoms with van der Waals surface area (Å²) in [7, 11) is 4.34. The Hall–Kier alpha value is -7.24. The lowest BCUT2D eigenvalue weighted by atomic mass is 10.0. The van der Waals surface area contributed by atoms with E-state index in [1.807, 2.05) is 75.0 Å². The van der Waals surface area contributed by atoms with E-state index in [1.165, 1.54) is 11.1 Å². The van der Waals surface area contributed by atoms with E-state index < -0.39 is 0 Å². The second-order valence-corrected chi connectivity index (χ2v) is 17.2. The third kappa shape index (κ3) is 9.86. The van der Waals surface area contributed by atoms with Crippen molar-refractivity contribution in [3.63, 3.8) is 0 Å². The monoisotopic (exact) mass is 880 g/mol. The highest BCUT2D eigenvalue weighted by molar-refractivity contribution is 5.60. The first-order valence-electron chi connectivity index (χ1n) is 22.3. The Kier molecular flexibility index (Phi) is 12.3. The molecule has 0 saturated carbocycles. The topological polar surface area (TPSA) is 144 Å². The highest BCUT2D eigenvalue weighted by Crippen LogP contribution is 2.30. The van der Waals surface area contributed by atoms with Gasteiger partial charge in [0.25, 0.3) is 0 Å². The highest BCUT2D eigenvalue weighted by Gasteiger charge is 2.27. The van der Waals surface area contributed by atoms with Crippen LogP contribution in [0.25, 0.3) is 33.9 Å². The van der Waals surface area contributed by atoms with Gasteiger partial charge in [0.05, 0.1) is 29.8 Å². The molecule has 66 heavy (non-hydrogen) atoms. The zero-order valence-corrected chi connectivity index (χ0v) is 37.6. The number of piperazine rings is 2. The number of aromatic nitrogens is 10. The van der Waals surface area contributed by atoms with Crippen LogP contribution in [0.15, 0.2) is 128 Å². The average molecular weight is 881 g/mol. The van der Waals surface area contributed by atoms with Crippen LogP contribution in [0.5, 0.6) is 23.5 Å². The Morgan fingerprint density at radius 3 is 1.80 bits per heavy atom. The molecule has 1 atom stereocenters. The van der Waals surface area contributed by atoms with E-state index in [-0.39, 0.29) is 6.04 Å². The van der Waals surface area contributed by atoms with E-state index in [0.717, 1.165) is 109 Å². The van der Waals surface area contributed by atoms with Gasteiger partial charge in [0.15, 0.2) is 0 Å². The highest BCUT2D eigenvalue weighted by atomic mass is 16.5. The van der Waals surface area contributed by atoms with Crippen molar-refractivity contribution in [1.29, 1.82) is 0 Å². The number of rotatable bonds is 13. The van der Waals surface area contributed by atoms with E-state index in [9.17, 15) is 0 Å². The number of ether oxygens (including phenoxy) is 2. The van der Waals surface area contributed by atoms with Gasteiger partial charge >= 0.3 is 12.0 Å². The fraction of sp³-hybridized carbons (Fsp3) is 0.280. The Balaban J connectivity index is 0.752. The molecule has 0 aliphatic carbocycles. The molecule has 6 heterocycles. The Bertz CT molecular complexity index is 2890. The molecule has 4 aromatic carbocycles. The fourth-order valence-electron chi connectivity index (χ4n) is 8.38. The van der Waals surface area contributed by atoms with Gasteiger partial charge in [-0.25, -0.2) is 29.3 Å². The molecule has 0 spiro atoms. The normalized spacial score (nSPS) is 16.4. The second-order valence-electron chi connectivity index (χ2n) is 17.2. The van der Waals surface area contributed by atoms with Crippen molar-refractivity contribution >= 4 is 0 Å². The average Bonchev–Trinajstić information content (AvgIpc) is 4.05. The first kappa shape index (κ1) is 42.7. The molecule has 0 N–H and O–H groups in total. The molecular weight excluding hydrogens is 829 g/mol. The Morgan fingerprint density at radius 2 is 1.15 bits per heavy atom. The van der Waals surface area contributed by atoms with Crippen molar-refractivity contribution in [2.45, 2.75) is 33.0 Å². The molecule has 2 fully saturated rings. The third-order valence-electron chi connectivity index (χ3n) is 12.4. The van der Waals surface area contributed by atoms with Gasteiger partial charge in [-0.1, -0.05) is 65.0 Å². The van der Waals surface area contributed by atoms with Crippen molar-refractivity contribution in [3.05, 3.63) is 156 Å². The van der Waals surface area contributed by atoms with Crippen LogP contribution in [0.1, 0.15) is 33.9 Å². The van der Waals surface area contributed by atoms with Crippen molar-refractivity contribution < 1.29 is 9.47 Å². The van der Waals surface area contributed by atoms with Gasteiger partial charge in [0, 0.05) is 113 Å². The zero-order chi connectivity index (χ0) is 45.0. The van der Waals surface area contributed by atoms with E-state index >= 15 is 0 Å². The summed E-state index contributed by atoms with van der Waals surface area (Å²) in [5.74, 6) is 1.32. The SMILES string of the molecule is Cc1ccc(-n2cc(-c3ccc(CN4CCN(C)C(c5cnc(Oc6cc(-n7cc(-c8cccc(CN9CCN(C)CC9)c8)nn7)ccc6C)nc5)C4)cc3)nn2)cc1Oc1ncccn1. The molecular formula is C50H52N14O2. The lowest BCUT2D eigenvalue weighted by molar-refractivity contribution is 0.0900. The third-order valence-corrected chi connectivity index (χ3v) is 12.4. The van der Waals surface area contributed by atoms with E-state index in [2.05, 4.69) is 123 Å². The van der Waals surface area contributed by atoms with Gasteiger partial charge in [-0.2, -0.15) is 0 Å². The Labute approximate surface area is 384 Å². The van der Waals surface area contributed by atoms with E-state index in [1.54, 1.807) is 27.8 Å². The van der Waals surface area contributed by atoms with Crippen LogP contribution in [-0.4, -0.2) is 129 Å². The van der Waals surface area contributed by atoms with Gasteiger partial charge < -0.3 is 14.4 Å². The minimum atomic E-state index is 0.133. The first-order valence-corrected chi connectivity index (χ1v) is 22.3. The van der Waals surface area contributed by atoms with Crippen LogP contribution < -0.4 is 9.47 Å². The minimum absolute atomic E-state index is 0.133. The van der Waals surface area contributed by atoms with Crippen molar-refractivity contribution in [1.82, 2.24) is 69.5 Å². The molecule has 16 heteroatoms. The van der Waals surface area contributed by atoms with Crippen LogP contribution in [0.4, 0.5) is 0 Å². The van der Waals surface area contributed by atoms with E-state index in [4.69, 9.17) is 9.47 Å². The van der Waals surface area contributed by atoms with Crippen molar-refractivity contribution in [3.8, 4) is 57.4 Å². The standard InChI is InChI=1S/C50H52N14O2/c1-35-9-15-42(26-47(35)65-49-51-17-6-18-52-49)63-32-44(55-57-63)39-13-11-37(12-14-39)30-62-24-21-60(4)46(34-62)41-28-53-50(54-29-41)66-48-27-43(16-10-36(48)2)64-33-45(56-58-64)40-8-5-7-38(25-40)31-61-22-19-59(3)20-23-61/h5-18,25-29,32-33,46H,19-24,30-31,34H2,1-4H3. The summed E-state index contributed by atoms with van der Waals surface area (Å²) in [5.41, 5.74) is 10.8. The number of nitrogens with zero attached hydrogens (tertiary/aromatic N) is 14. The van der Waals surface area contributed by atoms with Crippen LogP contribution in [-0.2, 0) is 13.1 Å².